The van der Waals surface area contributed by atoms with Gasteiger partial charge in [0.2, 0.25) is 0 Å². The first-order chi connectivity index (χ1) is 14.4. The monoisotopic (exact) mass is 367 g/mol. The maximum absolute atomic E-state index is 2.50. The van der Waals surface area contributed by atoms with Crippen molar-refractivity contribution < 1.29 is 0 Å². The van der Waals surface area contributed by atoms with Gasteiger partial charge in [0, 0.05) is 27.3 Å². The van der Waals surface area contributed by atoms with Crippen molar-refractivity contribution in [2.45, 2.75) is 0 Å². The van der Waals surface area contributed by atoms with Crippen LogP contribution in [0.3, 0.4) is 0 Å². The van der Waals surface area contributed by atoms with Crippen LogP contribution in [0.4, 0.5) is 0 Å². The lowest BCUT2D eigenvalue weighted by atomic mass is 9.92. The Morgan fingerprint density at radius 2 is 1.07 bits per heavy atom. The van der Waals surface area contributed by atoms with Gasteiger partial charge in [-0.2, -0.15) is 0 Å². The van der Waals surface area contributed by atoms with E-state index in [9.17, 15) is 0 Å². The molecule has 0 saturated heterocycles. The van der Waals surface area contributed by atoms with Crippen LogP contribution in [0.2, 0.25) is 0 Å². The minimum Gasteiger partial charge on any atom is -0.307 e. The maximum Gasteiger partial charge on any atom is 0.0620 e. The fourth-order valence-corrected chi connectivity index (χ4v) is 5.13. The second-order valence-corrected chi connectivity index (χ2v) is 7.78. The highest BCUT2D eigenvalue weighted by atomic mass is 15.0. The van der Waals surface area contributed by atoms with E-state index in [1.54, 1.807) is 0 Å². The standard InChI is InChI=1S/C28H17N/c1-2-9-19-18(8-1)16-17-25-21-11-4-3-10-20(21)23-13-7-14-24-22-12-5-6-15-26(22)29(27(19)25)28(23)24/h1-17H. The lowest BCUT2D eigenvalue weighted by molar-refractivity contribution is 1.21. The third-order valence-electron chi connectivity index (χ3n) is 6.33. The Morgan fingerprint density at radius 1 is 0.414 bits per heavy atom. The van der Waals surface area contributed by atoms with Crippen molar-refractivity contribution >= 4 is 32.6 Å². The summed E-state index contributed by atoms with van der Waals surface area (Å²) in [7, 11) is 0. The van der Waals surface area contributed by atoms with Crippen LogP contribution in [-0.2, 0) is 0 Å². The van der Waals surface area contributed by atoms with Gasteiger partial charge >= 0.3 is 0 Å². The fraction of sp³-hybridized carbons (Fsp3) is 0. The van der Waals surface area contributed by atoms with Gasteiger partial charge in [0.1, 0.15) is 0 Å². The van der Waals surface area contributed by atoms with Crippen molar-refractivity contribution in [3.63, 3.8) is 0 Å². The molecule has 1 nitrogen and oxygen atoms in total. The first-order valence-electron chi connectivity index (χ1n) is 10.1. The molecule has 29 heavy (non-hydrogen) atoms. The summed E-state index contributed by atoms with van der Waals surface area (Å²) in [5.41, 5.74) is 9.04. The number of rotatable bonds is 0. The van der Waals surface area contributed by atoms with E-state index < -0.39 is 0 Å². The Labute approximate surface area is 168 Å². The van der Waals surface area contributed by atoms with Crippen LogP contribution < -0.4 is 0 Å². The third-order valence-corrected chi connectivity index (χ3v) is 6.33. The summed E-state index contributed by atoms with van der Waals surface area (Å²) in [6.07, 6.45) is 0. The zero-order valence-corrected chi connectivity index (χ0v) is 15.8. The highest BCUT2D eigenvalue weighted by Crippen LogP contribution is 2.48. The van der Waals surface area contributed by atoms with Crippen LogP contribution >= 0.6 is 0 Å². The highest BCUT2D eigenvalue weighted by molar-refractivity contribution is 6.18. The molecule has 0 bridgehead atoms. The van der Waals surface area contributed by atoms with Crippen LogP contribution in [-0.4, -0.2) is 4.57 Å². The summed E-state index contributed by atoms with van der Waals surface area (Å²) in [4.78, 5) is 0. The average Bonchev–Trinajstić information content (AvgIpc) is 3.06. The molecule has 5 aromatic carbocycles. The Balaban J connectivity index is 1.87. The van der Waals surface area contributed by atoms with Gasteiger partial charge < -0.3 is 4.57 Å². The topological polar surface area (TPSA) is 4.93 Å². The van der Waals surface area contributed by atoms with Crippen LogP contribution in [0.1, 0.15) is 0 Å². The van der Waals surface area contributed by atoms with Crippen molar-refractivity contribution in [1.29, 1.82) is 0 Å². The molecule has 7 rings (SSSR count). The van der Waals surface area contributed by atoms with Crippen LogP contribution in [0.25, 0.3) is 60.5 Å². The van der Waals surface area contributed by atoms with E-state index in [0.717, 1.165) is 0 Å². The highest BCUT2D eigenvalue weighted by Gasteiger charge is 2.25. The maximum atomic E-state index is 2.50. The zero-order valence-electron chi connectivity index (χ0n) is 15.8. The Kier molecular flexibility index (Phi) is 2.80. The molecular formula is C28H17N. The summed E-state index contributed by atoms with van der Waals surface area (Å²) < 4.78 is 2.50. The molecule has 6 aromatic rings. The van der Waals surface area contributed by atoms with E-state index in [1.165, 1.54) is 60.5 Å². The van der Waals surface area contributed by atoms with Gasteiger partial charge in [0.25, 0.3) is 0 Å². The summed E-state index contributed by atoms with van der Waals surface area (Å²) >= 11 is 0. The van der Waals surface area contributed by atoms with Crippen LogP contribution in [0.15, 0.2) is 103 Å². The summed E-state index contributed by atoms with van der Waals surface area (Å²) in [5, 5.41) is 5.18. The molecule has 134 valence electrons. The summed E-state index contributed by atoms with van der Waals surface area (Å²) in [5.74, 6) is 0. The predicted molar refractivity (Wildman–Crippen MR) is 123 cm³/mol. The minimum atomic E-state index is 1.26. The summed E-state index contributed by atoms with van der Waals surface area (Å²) in [6.45, 7) is 0. The molecule has 0 unspecified atom stereocenters. The van der Waals surface area contributed by atoms with Crippen molar-refractivity contribution in [3.05, 3.63) is 103 Å². The Morgan fingerprint density at radius 3 is 1.97 bits per heavy atom. The SMILES string of the molecule is c1ccc2c(c1)-c1ccc3ccccc3c1-n1c3ccccc3c3cccc-2c31. The number of benzene rings is 5. The summed E-state index contributed by atoms with van der Waals surface area (Å²) in [6, 6.07) is 37.6. The number of hydrogen-bond donors (Lipinski definition) is 0. The van der Waals surface area contributed by atoms with Crippen molar-refractivity contribution in [2.75, 3.05) is 0 Å². The van der Waals surface area contributed by atoms with E-state index in [1.807, 2.05) is 0 Å². The van der Waals surface area contributed by atoms with Crippen molar-refractivity contribution in [2.24, 2.45) is 0 Å². The molecule has 0 amide bonds. The van der Waals surface area contributed by atoms with E-state index >= 15 is 0 Å². The molecule has 0 fully saturated rings. The molecule has 1 aliphatic rings. The van der Waals surface area contributed by atoms with Gasteiger partial charge in [-0.15, -0.1) is 0 Å². The second-order valence-electron chi connectivity index (χ2n) is 7.78. The van der Waals surface area contributed by atoms with E-state index in [-0.39, 0.29) is 0 Å². The first kappa shape index (κ1) is 15.1. The smallest absolute Gasteiger partial charge is 0.0620 e. The molecule has 0 radical (unpaired) electrons. The number of para-hydroxylation sites is 2. The van der Waals surface area contributed by atoms with Gasteiger partial charge in [-0.05, 0) is 22.6 Å². The van der Waals surface area contributed by atoms with Gasteiger partial charge in [-0.1, -0.05) is 97.1 Å². The molecule has 0 atom stereocenters. The van der Waals surface area contributed by atoms with E-state index in [4.69, 9.17) is 0 Å². The number of nitrogens with zero attached hydrogens (tertiary/aromatic N) is 1. The largest absolute Gasteiger partial charge is 0.307 e. The van der Waals surface area contributed by atoms with Crippen molar-refractivity contribution in [3.8, 4) is 27.9 Å². The third kappa shape index (κ3) is 1.85. The lowest BCUT2D eigenvalue weighted by Crippen LogP contribution is -1.97. The second kappa shape index (κ2) is 5.36. The molecule has 1 aromatic heterocycles. The normalized spacial score (nSPS) is 12.1. The van der Waals surface area contributed by atoms with Crippen LogP contribution in [0, 0.1) is 0 Å². The first-order valence-corrected chi connectivity index (χ1v) is 10.1. The molecule has 1 heteroatoms. The van der Waals surface area contributed by atoms with E-state index in [2.05, 4.69) is 108 Å². The van der Waals surface area contributed by atoms with Crippen molar-refractivity contribution in [1.82, 2.24) is 4.57 Å². The molecule has 0 aliphatic carbocycles. The van der Waals surface area contributed by atoms with E-state index in [0.29, 0.717) is 0 Å². The van der Waals surface area contributed by atoms with Gasteiger partial charge in [-0.25, -0.2) is 0 Å². The molecule has 2 heterocycles. The number of aromatic nitrogens is 1. The molecular weight excluding hydrogens is 350 g/mol. The number of fused-ring (bicyclic) bond motifs is 10. The fourth-order valence-electron chi connectivity index (χ4n) is 5.13. The average molecular weight is 367 g/mol. The van der Waals surface area contributed by atoms with Gasteiger partial charge in [0.15, 0.2) is 0 Å². The zero-order chi connectivity index (χ0) is 18.9. The van der Waals surface area contributed by atoms with Gasteiger partial charge in [0.05, 0.1) is 16.7 Å². The predicted octanol–water partition coefficient (Wildman–Crippen LogP) is 7.58. The molecule has 1 aliphatic heterocycles. The molecule has 0 saturated carbocycles. The van der Waals surface area contributed by atoms with Crippen LogP contribution in [0.5, 0.6) is 0 Å². The molecule has 0 spiro atoms. The minimum absolute atomic E-state index is 1.26. The quantitative estimate of drug-likeness (QED) is 0.260. The Hall–Kier alpha value is -3.84. The Bertz CT molecular complexity index is 1600. The lowest BCUT2D eigenvalue weighted by Gasteiger charge is -2.15. The molecule has 0 N–H and O–H groups in total. The number of hydrogen-bond acceptors (Lipinski definition) is 0. The van der Waals surface area contributed by atoms with Gasteiger partial charge in [-0.3, -0.25) is 0 Å².